The molecule has 8 heteroatoms. The van der Waals surface area contributed by atoms with Crippen LogP contribution in [0.1, 0.15) is 38.2 Å². The summed E-state index contributed by atoms with van der Waals surface area (Å²) in [5.74, 6) is 0.575. The first kappa shape index (κ1) is 22.7. The van der Waals surface area contributed by atoms with Gasteiger partial charge in [-0.05, 0) is 48.9 Å². The van der Waals surface area contributed by atoms with Gasteiger partial charge in [-0.25, -0.2) is 0 Å². The largest absolute Gasteiger partial charge is 0.385 e. The summed E-state index contributed by atoms with van der Waals surface area (Å²) in [4.78, 5) is 16.2. The molecule has 0 bridgehead atoms. The third-order valence-electron chi connectivity index (χ3n) is 7.18. The minimum atomic E-state index is 0.0653. The highest BCUT2D eigenvalue weighted by atomic mass is 16.5. The third-order valence-corrected chi connectivity index (χ3v) is 7.18. The Kier molecular flexibility index (Phi) is 6.41. The second-order valence-corrected chi connectivity index (χ2v) is 9.53. The van der Waals surface area contributed by atoms with E-state index in [9.17, 15) is 10.2 Å². The van der Waals surface area contributed by atoms with Gasteiger partial charge in [-0.1, -0.05) is 6.07 Å². The number of benzene rings is 1. The van der Waals surface area contributed by atoms with Crippen LogP contribution in [-0.2, 0) is 23.0 Å². The van der Waals surface area contributed by atoms with E-state index in [-0.39, 0.29) is 5.91 Å². The molecule has 180 valence electrons. The SMILES string of the molecule is CC(=O)N1CCC(NC2CCOCC2)=C(C(=N)N2CCCc3cc(-c4cnn(C)c4)ccc32)C1. The Morgan fingerprint density at radius 3 is 2.74 bits per heavy atom. The van der Waals surface area contributed by atoms with Gasteiger partial charge in [0.05, 0.1) is 12.7 Å². The lowest BCUT2D eigenvalue weighted by Gasteiger charge is -2.38. The highest BCUT2D eigenvalue weighted by Gasteiger charge is 2.30. The van der Waals surface area contributed by atoms with Gasteiger partial charge in [0, 0.05) is 81.5 Å². The zero-order valence-electron chi connectivity index (χ0n) is 20.1. The number of aryl methyl sites for hydroxylation is 2. The molecule has 0 saturated carbocycles. The highest BCUT2D eigenvalue weighted by Crippen LogP contribution is 2.33. The number of nitrogens with zero attached hydrogens (tertiary/aromatic N) is 4. The van der Waals surface area contributed by atoms with Crippen molar-refractivity contribution in [2.24, 2.45) is 7.05 Å². The number of anilines is 1. The molecule has 1 saturated heterocycles. The first-order chi connectivity index (χ1) is 16.5. The minimum Gasteiger partial charge on any atom is -0.385 e. The van der Waals surface area contributed by atoms with Gasteiger partial charge in [0.15, 0.2) is 0 Å². The maximum atomic E-state index is 12.2. The van der Waals surface area contributed by atoms with Crippen LogP contribution in [0.4, 0.5) is 5.69 Å². The summed E-state index contributed by atoms with van der Waals surface area (Å²) in [5.41, 5.74) is 6.68. The average Bonchev–Trinajstić information content (AvgIpc) is 3.30. The Bertz CT molecular complexity index is 1110. The Hall–Kier alpha value is -3.13. The molecule has 1 aromatic carbocycles. The van der Waals surface area contributed by atoms with Gasteiger partial charge in [-0.15, -0.1) is 0 Å². The standard InChI is InChI=1S/C26H34N6O2/c1-18(33)31-11-7-24(29-22-8-12-34-13-9-22)23(17-31)26(27)32-10-3-4-20-14-19(5-6-25(20)32)21-15-28-30(2)16-21/h5-6,14-16,22,27,29H,3-4,7-13,17H2,1-2H3. The second kappa shape index (κ2) is 9.62. The number of hydrogen-bond donors (Lipinski definition) is 2. The Labute approximate surface area is 201 Å². The molecule has 0 atom stereocenters. The third kappa shape index (κ3) is 4.59. The normalized spacial score (nSPS) is 19.2. The molecule has 2 N–H and O–H groups in total. The summed E-state index contributed by atoms with van der Waals surface area (Å²) >= 11 is 0. The van der Waals surface area contributed by atoms with Crippen molar-refractivity contribution in [3.05, 3.63) is 47.4 Å². The number of amides is 1. The molecule has 34 heavy (non-hydrogen) atoms. The number of nitrogens with one attached hydrogen (secondary N) is 2. The van der Waals surface area contributed by atoms with E-state index in [1.165, 1.54) is 5.56 Å². The number of fused-ring (bicyclic) bond motifs is 1. The molecule has 1 amide bonds. The summed E-state index contributed by atoms with van der Waals surface area (Å²) in [5, 5.41) is 17.3. The number of amidine groups is 1. The molecule has 0 unspecified atom stereocenters. The number of ether oxygens (including phenoxy) is 1. The molecule has 3 aliphatic heterocycles. The lowest BCUT2D eigenvalue weighted by molar-refractivity contribution is -0.128. The molecular formula is C26H34N6O2. The zero-order chi connectivity index (χ0) is 23.7. The van der Waals surface area contributed by atoms with Gasteiger partial charge in [-0.3, -0.25) is 14.9 Å². The molecule has 3 aliphatic rings. The average molecular weight is 463 g/mol. The van der Waals surface area contributed by atoms with E-state index in [1.54, 1.807) is 6.92 Å². The van der Waals surface area contributed by atoms with Gasteiger partial charge < -0.3 is 19.9 Å². The molecule has 8 nitrogen and oxygen atoms in total. The molecule has 0 aliphatic carbocycles. The second-order valence-electron chi connectivity index (χ2n) is 9.53. The van der Waals surface area contributed by atoms with E-state index < -0.39 is 0 Å². The minimum absolute atomic E-state index is 0.0653. The van der Waals surface area contributed by atoms with E-state index in [4.69, 9.17) is 4.74 Å². The predicted octanol–water partition coefficient (Wildman–Crippen LogP) is 3.09. The lowest BCUT2D eigenvalue weighted by atomic mass is 9.95. The van der Waals surface area contributed by atoms with Gasteiger partial charge in [0.25, 0.3) is 0 Å². The number of aromatic nitrogens is 2. The summed E-state index contributed by atoms with van der Waals surface area (Å²) in [7, 11) is 1.93. The fourth-order valence-electron chi connectivity index (χ4n) is 5.24. The molecule has 5 rings (SSSR count). The van der Waals surface area contributed by atoms with Crippen molar-refractivity contribution in [1.29, 1.82) is 5.41 Å². The Morgan fingerprint density at radius 1 is 1.18 bits per heavy atom. The van der Waals surface area contributed by atoms with E-state index >= 15 is 0 Å². The van der Waals surface area contributed by atoms with Crippen molar-refractivity contribution in [2.45, 2.75) is 45.1 Å². The molecule has 2 aromatic rings. The Balaban J connectivity index is 1.44. The molecule has 1 aromatic heterocycles. The van der Waals surface area contributed by atoms with Crippen molar-refractivity contribution in [2.75, 3.05) is 37.7 Å². The van der Waals surface area contributed by atoms with Crippen LogP contribution in [0.5, 0.6) is 0 Å². The molecule has 0 radical (unpaired) electrons. The van der Waals surface area contributed by atoms with E-state index in [0.29, 0.717) is 25.0 Å². The summed E-state index contributed by atoms with van der Waals surface area (Å²) in [6.07, 6.45) is 8.63. The number of hydrogen-bond acceptors (Lipinski definition) is 5. The first-order valence-electron chi connectivity index (χ1n) is 12.3. The van der Waals surface area contributed by atoms with Gasteiger partial charge in [-0.2, -0.15) is 5.10 Å². The summed E-state index contributed by atoms with van der Waals surface area (Å²) in [6, 6.07) is 6.87. The van der Waals surface area contributed by atoms with Crippen LogP contribution in [0.2, 0.25) is 0 Å². The quantitative estimate of drug-likeness (QED) is 0.539. The van der Waals surface area contributed by atoms with E-state index in [0.717, 1.165) is 79.9 Å². The Morgan fingerprint density at radius 2 is 2.00 bits per heavy atom. The van der Waals surface area contributed by atoms with E-state index in [2.05, 4.69) is 33.5 Å². The van der Waals surface area contributed by atoms with Crippen LogP contribution in [0, 0.1) is 5.41 Å². The number of carbonyl (C=O) groups excluding carboxylic acids is 1. The fourth-order valence-corrected chi connectivity index (χ4v) is 5.24. The van der Waals surface area contributed by atoms with E-state index in [1.807, 2.05) is 29.0 Å². The van der Waals surface area contributed by atoms with Gasteiger partial charge >= 0.3 is 0 Å². The predicted molar refractivity (Wildman–Crippen MR) is 133 cm³/mol. The van der Waals surface area contributed by atoms with Crippen LogP contribution >= 0.6 is 0 Å². The van der Waals surface area contributed by atoms with Crippen LogP contribution in [0.15, 0.2) is 41.9 Å². The van der Waals surface area contributed by atoms with Crippen molar-refractivity contribution < 1.29 is 9.53 Å². The summed E-state index contributed by atoms with van der Waals surface area (Å²) in [6.45, 7) is 5.16. The topological polar surface area (TPSA) is 86.5 Å². The summed E-state index contributed by atoms with van der Waals surface area (Å²) < 4.78 is 7.34. The van der Waals surface area contributed by atoms with Gasteiger partial charge in [0.1, 0.15) is 5.84 Å². The maximum Gasteiger partial charge on any atom is 0.219 e. The fraction of sp³-hybridized carbons (Fsp3) is 0.500. The van der Waals surface area contributed by atoms with Crippen molar-refractivity contribution in [3.8, 4) is 11.1 Å². The monoisotopic (exact) mass is 462 g/mol. The first-order valence-corrected chi connectivity index (χ1v) is 12.3. The molecule has 4 heterocycles. The number of carbonyl (C=O) groups is 1. The smallest absolute Gasteiger partial charge is 0.219 e. The van der Waals surface area contributed by atoms with Crippen molar-refractivity contribution in [1.82, 2.24) is 20.0 Å². The number of rotatable bonds is 4. The maximum absolute atomic E-state index is 12.2. The van der Waals surface area contributed by atoms with Crippen LogP contribution in [0.25, 0.3) is 11.1 Å². The highest BCUT2D eigenvalue weighted by molar-refractivity contribution is 6.09. The lowest BCUT2D eigenvalue weighted by Crippen LogP contribution is -2.46. The van der Waals surface area contributed by atoms with Crippen LogP contribution < -0.4 is 10.2 Å². The van der Waals surface area contributed by atoms with Crippen molar-refractivity contribution >= 4 is 17.4 Å². The van der Waals surface area contributed by atoms with Crippen LogP contribution in [-0.4, -0.2) is 65.3 Å². The molecular weight excluding hydrogens is 428 g/mol. The van der Waals surface area contributed by atoms with Crippen molar-refractivity contribution in [3.63, 3.8) is 0 Å². The molecule has 0 spiro atoms. The van der Waals surface area contributed by atoms with Crippen LogP contribution in [0.3, 0.4) is 0 Å². The zero-order valence-corrected chi connectivity index (χ0v) is 20.1. The molecule has 1 fully saturated rings. The van der Waals surface area contributed by atoms with Gasteiger partial charge in [0.2, 0.25) is 5.91 Å².